The maximum Gasteiger partial charge on any atom is 0.249 e. The van der Waals surface area contributed by atoms with Crippen LogP contribution in [0.4, 0.5) is 0 Å². The second-order valence-corrected chi connectivity index (χ2v) is 18.7. The predicted molar refractivity (Wildman–Crippen MR) is 258 cm³/mol. The first-order chi connectivity index (χ1) is 31.1. The number of hydrogen-bond acceptors (Lipinski definition) is 11. The zero-order valence-electron chi connectivity index (χ0n) is 40.6. The molecule has 12 heteroatoms. The lowest BCUT2D eigenvalue weighted by molar-refractivity contribution is -0.303. The van der Waals surface area contributed by atoms with Crippen LogP contribution in [-0.4, -0.2) is 121 Å². The number of rotatable bonds is 44. The molecule has 0 aromatic rings. The Labute approximate surface area is 389 Å². The van der Waals surface area contributed by atoms with Crippen molar-refractivity contribution in [2.45, 2.75) is 287 Å². The molecule has 1 fully saturated rings. The van der Waals surface area contributed by atoms with Crippen LogP contribution >= 0.6 is 0 Å². The van der Waals surface area contributed by atoms with Crippen LogP contribution in [-0.2, 0) is 14.3 Å². The first-order valence-electron chi connectivity index (χ1n) is 26.3. The van der Waals surface area contributed by atoms with Crippen LogP contribution in [0.15, 0.2) is 24.3 Å². The summed E-state index contributed by atoms with van der Waals surface area (Å²) >= 11 is 0. The summed E-state index contributed by atoms with van der Waals surface area (Å²) in [5.74, 6) is -0.796. The van der Waals surface area contributed by atoms with Gasteiger partial charge in [-0.3, -0.25) is 4.79 Å². The molecule has 0 aromatic carbocycles. The Bertz CT molecular complexity index is 1110. The van der Waals surface area contributed by atoms with E-state index >= 15 is 0 Å². The van der Waals surface area contributed by atoms with E-state index in [1.54, 1.807) is 6.08 Å². The number of aliphatic hydroxyl groups is 8. The molecule has 1 saturated heterocycles. The van der Waals surface area contributed by atoms with Gasteiger partial charge in [0.25, 0.3) is 0 Å². The summed E-state index contributed by atoms with van der Waals surface area (Å²) in [7, 11) is 0. The number of aliphatic hydroxyl groups excluding tert-OH is 8. The first kappa shape index (κ1) is 60.6. The first-order valence-corrected chi connectivity index (χ1v) is 26.3. The van der Waals surface area contributed by atoms with Crippen molar-refractivity contribution in [3.05, 3.63) is 24.3 Å². The average molecular weight is 914 g/mol. The summed E-state index contributed by atoms with van der Waals surface area (Å²) < 4.78 is 11.0. The average Bonchev–Trinajstić information content (AvgIpc) is 3.29. The Morgan fingerprint density at radius 2 is 0.953 bits per heavy atom. The highest BCUT2D eigenvalue weighted by molar-refractivity contribution is 5.80. The fourth-order valence-corrected chi connectivity index (χ4v) is 8.40. The van der Waals surface area contributed by atoms with E-state index in [9.17, 15) is 45.6 Å². The third-order valence-electron chi connectivity index (χ3n) is 12.8. The minimum Gasteiger partial charge on any atom is -0.394 e. The molecule has 0 aliphatic carbocycles. The fraction of sp³-hybridized carbons (Fsp3) is 0.904. The Morgan fingerprint density at radius 3 is 1.41 bits per heavy atom. The molecule has 9 N–H and O–H groups in total. The zero-order valence-corrected chi connectivity index (χ0v) is 40.6. The van der Waals surface area contributed by atoms with Gasteiger partial charge in [0.15, 0.2) is 6.29 Å². The molecule has 0 saturated carbocycles. The zero-order chi connectivity index (χ0) is 47.0. The van der Waals surface area contributed by atoms with Gasteiger partial charge in [0.05, 0.1) is 19.3 Å². The molecule has 378 valence electrons. The smallest absolute Gasteiger partial charge is 0.249 e. The Kier molecular flexibility index (Phi) is 39.5. The van der Waals surface area contributed by atoms with Crippen molar-refractivity contribution in [3.63, 3.8) is 0 Å². The monoisotopic (exact) mass is 914 g/mol. The van der Waals surface area contributed by atoms with Crippen LogP contribution in [0.2, 0.25) is 0 Å². The van der Waals surface area contributed by atoms with E-state index in [2.05, 4.69) is 31.3 Å². The number of hydrogen-bond donors (Lipinski definition) is 9. The van der Waals surface area contributed by atoms with Crippen LogP contribution in [0, 0.1) is 0 Å². The van der Waals surface area contributed by atoms with Crippen molar-refractivity contribution in [1.29, 1.82) is 0 Å². The van der Waals surface area contributed by atoms with Crippen LogP contribution in [0.5, 0.6) is 0 Å². The van der Waals surface area contributed by atoms with E-state index in [0.717, 1.165) is 38.5 Å². The number of nitrogens with one attached hydrogen (secondary N) is 1. The SMILES string of the molecule is CCCCCCC=CCCCCCCCCCCCCCCCCCCC(O)C(=O)NC(COC1OC(CO)C(O)C(O)C1O)C(O)C(O)C(O)C=CCCCCCCCCCCC. The molecule has 0 spiro atoms. The van der Waals surface area contributed by atoms with E-state index in [4.69, 9.17) is 9.47 Å². The quantitative estimate of drug-likeness (QED) is 0.0209. The Balaban J connectivity index is 2.37. The molecule has 1 heterocycles. The number of ether oxygens (including phenoxy) is 2. The highest BCUT2D eigenvalue weighted by atomic mass is 16.7. The molecule has 0 radical (unpaired) electrons. The molecule has 1 amide bonds. The van der Waals surface area contributed by atoms with Gasteiger partial charge in [-0.25, -0.2) is 0 Å². The molecule has 64 heavy (non-hydrogen) atoms. The van der Waals surface area contributed by atoms with Crippen molar-refractivity contribution in [1.82, 2.24) is 5.32 Å². The number of carbonyl (C=O) groups is 1. The maximum atomic E-state index is 13.1. The van der Waals surface area contributed by atoms with Crippen LogP contribution in [0.1, 0.15) is 226 Å². The van der Waals surface area contributed by atoms with Gasteiger partial charge in [0, 0.05) is 0 Å². The summed E-state index contributed by atoms with van der Waals surface area (Å²) in [6, 6.07) is -1.37. The van der Waals surface area contributed by atoms with Crippen molar-refractivity contribution in [3.8, 4) is 0 Å². The van der Waals surface area contributed by atoms with Crippen LogP contribution < -0.4 is 5.32 Å². The van der Waals surface area contributed by atoms with Crippen molar-refractivity contribution < 1.29 is 55.1 Å². The van der Waals surface area contributed by atoms with Crippen molar-refractivity contribution in [2.75, 3.05) is 13.2 Å². The molecule has 1 aliphatic heterocycles. The third-order valence-corrected chi connectivity index (χ3v) is 12.8. The molecule has 0 aromatic heterocycles. The van der Waals surface area contributed by atoms with Crippen LogP contribution in [0.3, 0.4) is 0 Å². The van der Waals surface area contributed by atoms with Gasteiger partial charge in [-0.15, -0.1) is 0 Å². The van der Waals surface area contributed by atoms with E-state index < -0.39 is 80.3 Å². The second kappa shape index (κ2) is 41.7. The number of unbranched alkanes of at least 4 members (excludes halogenated alkanes) is 29. The lowest BCUT2D eigenvalue weighted by Gasteiger charge is -2.40. The van der Waals surface area contributed by atoms with Crippen LogP contribution in [0.25, 0.3) is 0 Å². The lowest BCUT2D eigenvalue weighted by Crippen LogP contribution is -2.60. The largest absolute Gasteiger partial charge is 0.394 e. The summed E-state index contributed by atoms with van der Waals surface area (Å²) in [6.07, 6.45) is 32.5. The molecule has 10 atom stereocenters. The predicted octanol–water partition coefficient (Wildman–Crippen LogP) is 8.76. The minimum absolute atomic E-state index is 0.200. The number of carbonyl (C=O) groups excluding carboxylic acids is 1. The second-order valence-electron chi connectivity index (χ2n) is 18.7. The highest BCUT2D eigenvalue weighted by Gasteiger charge is 2.45. The Hall–Kier alpha value is -1.45. The normalized spacial score (nSPS) is 21.7. The highest BCUT2D eigenvalue weighted by Crippen LogP contribution is 2.23. The number of allylic oxidation sites excluding steroid dienone is 3. The van der Waals surface area contributed by atoms with Gasteiger partial charge in [0.1, 0.15) is 48.8 Å². The van der Waals surface area contributed by atoms with Crippen molar-refractivity contribution >= 4 is 5.91 Å². The van der Waals surface area contributed by atoms with E-state index in [1.165, 1.54) is 160 Å². The molecular weight excluding hydrogens is 815 g/mol. The van der Waals surface area contributed by atoms with E-state index in [-0.39, 0.29) is 6.42 Å². The molecule has 0 bridgehead atoms. The number of amides is 1. The summed E-state index contributed by atoms with van der Waals surface area (Å²) in [4.78, 5) is 13.1. The van der Waals surface area contributed by atoms with Gasteiger partial charge in [-0.2, -0.15) is 0 Å². The summed E-state index contributed by atoms with van der Waals surface area (Å²) in [5.41, 5.74) is 0. The minimum atomic E-state index is -1.77. The van der Waals surface area contributed by atoms with E-state index in [0.29, 0.717) is 12.8 Å². The van der Waals surface area contributed by atoms with Gasteiger partial charge >= 0.3 is 0 Å². The van der Waals surface area contributed by atoms with E-state index in [1.807, 2.05) is 0 Å². The molecule has 10 unspecified atom stereocenters. The third kappa shape index (κ3) is 30.0. The summed E-state index contributed by atoms with van der Waals surface area (Å²) in [6.45, 7) is 3.23. The van der Waals surface area contributed by atoms with Crippen molar-refractivity contribution in [2.24, 2.45) is 0 Å². The molecule has 12 nitrogen and oxygen atoms in total. The standard InChI is InChI=1S/C52H99NO11/c1-3-5-7-9-11-13-15-16-17-18-19-20-21-22-23-24-25-26-27-29-31-33-35-37-39-44(56)51(62)53-42(41-63-52-50(61)49(60)48(59)45(40-54)64-52)46(57)47(58)43(55)38-36-34-32-30-28-14-12-10-8-6-4-2/h13,15,36,38,42-50,52,54-61H,3-12,14,16-35,37,39-41H2,1-2H3,(H,53,62). The molecular formula is C52H99NO11. The van der Waals surface area contributed by atoms with Gasteiger partial charge < -0.3 is 55.6 Å². The fourth-order valence-electron chi connectivity index (χ4n) is 8.40. The summed E-state index contributed by atoms with van der Waals surface area (Å²) in [5, 5.41) is 86.3. The maximum absolute atomic E-state index is 13.1. The topological polar surface area (TPSA) is 209 Å². The van der Waals surface area contributed by atoms with Gasteiger partial charge in [-0.05, 0) is 44.9 Å². The van der Waals surface area contributed by atoms with Gasteiger partial charge in [0.2, 0.25) is 5.91 Å². The molecule has 1 aliphatic rings. The van der Waals surface area contributed by atoms with Gasteiger partial charge in [-0.1, -0.05) is 205 Å². The lowest BCUT2D eigenvalue weighted by atomic mass is 9.98. The Morgan fingerprint density at radius 1 is 0.547 bits per heavy atom. The molecule has 1 rings (SSSR count).